The van der Waals surface area contributed by atoms with Crippen LogP contribution >= 0.6 is 11.6 Å². The second kappa shape index (κ2) is 10.2. The molecule has 9 heteroatoms. The fourth-order valence-corrected chi connectivity index (χ4v) is 7.51. The van der Waals surface area contributed by atoms with Gasteiger partial charge in [0.05, 0.1) is 40.6 Å². The molecule has 3 atom stereocenters. The number of carbonyl (C=O) groups is 4. The van der Waals surface area contributed by atoms with Crippen molar-refractivity contribution >= 4 is 46.9 Å². The topological polar surface area (TPSA) is 93.2 Å². The van der Waals surface area contributed by atoms with E-state index in [9.17, 15) is 19.2 Å². The Kier molecular flexibility index (Phi) is 6.88. The number of halogens is 1. The van der Waals surface area contributed by atoms with Gasteiger partial charge in [-0.25, -0.2) is 9.69 Å². The number of carbonyl (C=O) groups excluding carboxylic acids is 4. The number of fused-ring (bicyclic) bond motifs is 4. The van der Waals surface area contributed by atoms with Crippen LogP contribution in [0, 0.1) is 5.92 Å². The van der Waals surface area contributed by atoms with Crippen molar-refractivity contribution in [3.63, 3.8) is 0 Å². The number of hydrogen-bond acceptors (Lipinski definition) is 6. The first-order valence-corrected chi connectivity index (χ1v) is 14.8. The maximum Gasteiger partial charge on any atom is 0.421 e. The molecule has 1 fully saturated rings. The molecule has 0 saturated heterocycles. The molecule has 0 aromatic heterocycles. The molecule has 8 nitrogen and oxygen atoms in total. The van der Waals surface area contributed by atoms with E-state index in [0.717, 1.165) is 10.5 Å². The van der Waals surface area contributed by atoms with Crippen LogP contribution in [0.2, 0.25) is 5.02 Å². The van der Waals surface area contributed by atoms with Crippen LogP contribution < -0.4 is 9.80 Å². The normalized spacial score (nSPS) is 24.1. The molecule has 222 valence electrons. The summed E-state index contributed by atoms with van der Waals surface area (Å²) >= 11 is 6.68. The van der Waals surface area contributed by atoms with Gasteiger partial charge in [0.1, 0.15) is 5.60 Å². The monoisotopic (exact) mass is 600 g/mol. The second-order valence-corrected chi connectivity index (χ2v) is 12.7. The van der Waals surface area contributed by atoms with E-state index in [1.807, 2.05) is 54.6 Å². The molecule has 2 spiro atoms. The van der Waals surface area contributed by atoms with Crippen LogP contribution in [0.5, 0.6) is 0 Å². The summed E-state index contributed by atoms with van der Waals surface area (Å²) in [4.78, 5) is 60.0. The summed E-state index contributed by atoms with van der Waals surface area (Å²) < 4.78 is 11.3. The molecule has 1 saturated carbocycles. The van der Waals surface area contributed by atoms with Crippen LogP contribution in [0.25, 0.3) is 0 Å². The lowest BCUT2D eigenvalue weighted by Crippen LogP contribution is -2.55. The predicted molar refractivity (Wildman–Crippen MR) is 162 cm³/mol. The van der Waals surface area contributed by atoms with Crippen molar-refractivity contribution < 1.29 is 28.7 Å². The number of ether oxygens (including phenoxy) is 2. The van der Waals surface area contributed by atoms with Crippen molar-refractivity contribution in [2.45, 2.75) is 63.5 Å². The number of nitrogens with zero attached hydrogens (tertiary/aromatic N) is 2. The van der Waals surface area contributed by atoms with E-state index >= 15 is 0 Å². The second-order valence-electron chi connectivity index (χ2n) is 12.3. The van der Waals surface area contributed by atoms with Crippen molar-refractivity contribution in [2.75, 3.05) is 16.4 Å². The molecule has 3 aliphatic rings. The summed E-state index contributed by atoms with van der Waals surface area (Å²) in [6, 6.07) is 22.0. The number of para-hydroxylation sites is 2. The van der Waals surface area contributed by atoms with E-state index in [2.05, 4.69) is 0 Å². The fraction of sp³-hybridized carbons (Fsp3) is 0.353. The summed E-state index contributed by atoms with van der Waals surface area (Å²) in [5.74, 6) is -2.85. The summed E-state index contributed by atoms with van der Waals surface area (Å²) in [6.45, 7) is 7.15. The van der Waals surface area contributed by atoms with Crippen LogP contribution in [-0.4, -0.2) is 36.1 Å². The fourth-order valence-electron chi connectivity index (χ4n) is 7.25. The minimum absolute atomic E-state index is 0.0530. The first-order chi connectivity index (χ1) is 20.5. The van der Waals surface area contributed by atoms with Gasteiger partial charge >= 0.3 is 12.1 Å². The Labute approximate surface area is 255 Å². The first-order valence-electron chi connectivity index (χ1n) is 14.5. The molecule has 43 heavy (non-hydrogen) atoms. The predicted octanol–water partition coefficient (Wildman–Crippen LogP) is 6.32. The van der Waals surface area contributed by atoms with Gasteiger partial charge in [0.25, 0.3) is 0 Å². The van der Waals surface area contributed by atoms with Gasteiger partial charge in [0.15, 0.2) is 0 Å². The van der Waals surface area contributed by atoms with Gasteiger partial charge in [-0.15, -0.1) is 0 Å². The van der Waals surface area contributed by atoms with Crippen LogP contribution in [0.1, 0.15) is 57.2 Å². The molecular formula is C34H33ClN2O6. The number of imide groups is 1. The zero-order chi connectivity index (χ0) is 30.7. The van der Waals surface area contributed by atoms with Gasteiger partial charge in [-0.05, 0) is 69.4 Å². The first kappa shape index (κ1) is 28.9. The van der Waals surface area contributed by atoms with E-state index in [-0.39, 0.29) is 36.1 Å². The summed E-state index contributed by atoms with van der Waals surface area (Å²) in [6.07, 6.45) is -0.574. The molecule has 6 rings (SSSR count). The number of rotatable bonds is 4. The van der Waals surface area contributed by atoms with E-state index in [1.54, 1.807) is 50.8 Å². The summed E-state index contributed by atoms with van der Waals surface area (Å²) in [7, 11) is 0. The van der Waals surface area contributed by atoms with Gasteiger partial charge in [0, 0.05) is 5.69 Å². The lowest BCUT2D eigenvalue weighted by Gasteiger charge is -2.36. The smallest absolute Gasteiger partial charge is 0.421 e. The Morgan fingerprint density at radius 3 is 2.19 bits per heavy atom. The molecule has 3 amide bonds. The van der Waals surface area contributed by atoms with Crippen molar-refractivity contribution in [3.8, 4) is 0 Å². The summed E-state index contributed by atoms with van der Waals surface area (Å²) in [5.41, 5.74) is -1.03. The highest BCUT2D eigenvalue weighted by Gasteiger charge is 2.74. The van der Waals surface area contributed by atoms with Gasteiger partial charge in [0.2, 0.25) is 11.8 Å². The van der Waals surface area contributed by atoms with E-state index < -0.39 is 40.3 Å². The highest BCUT2D eigenvalue weighted by molar-refractivity contribution is 6.37. The lowest BCUT2D eigenvalue weighted by atomic mass is 9.64. The van der Waals surface area contributed by atoms with Gasteiger partial charge < -0.3 is 14.4 Å². The molecule has 3 aromatic rings. The molecule has 1 aliphatic carbocycles. The zero-order valence-corrected chi connectivity index (χ0v) is 25.3. The molecule has 0 N–H and O–H groups in total. The van der Waals surface area contributed by atoms with Gasteiger partial charge in [-0.2, -0.15) is 0 Å². The molecule has 2 heterocycles. The highest BCUT2D eigenvalue weighted by Crippen LogP contribution is 2.66. The maximum atomic E-state index is 14.8. The molecule has 0 unspecified atom stereocenters. The average molecular weight is 601 g/mol. The van der Waals surface area contributed by atoms with E-state index in [4.69, 9.17) is 21.1 Å². The minimum atomic E-state index is -1.59. The highest BCUT2D eigenvalue weighted by atomic mass is 35.5. The number of anilines is 2. The molecule has 3 aromatic carbocycles. The molecule has 0 bridgehead atoms. The van der Waals surface area contributed by atoms with Crippen LogP contribution in [0.15, 0.2) is 72.8 Å². The van der Waals surface area contributed by atoms with E-state index in [1.165, 1.54) is 0 Å². The third-order valence-electron chi connectivity index (χ3n) is 8.76. The van der Waals surface area contributed by atoms with Gasteiger partial charge in [-0.3, -0.25) is 14.4 Å². The van der Waals surface area contributed by atoms with Crippen molar-refractivity contribution in [3.05, 3.63) is 94.5 Å². The number of amides is 3. The Morgan fingerprint density at radius 1 is 0.884 bits per heavy atom. The number of hydrogen-bond donors (Lipinski definition) is 0. The van der Waals surface area contributed by atoms with Crippen molar-refractivity contribution in [2.24, 2.45) is 5.92 Å². The molecular weight excluding hydrogens is 568 g/mol. The van der Waals surface area contributed by atoms with Crippen LogP contribution in [0.3, 0.4) is 0 Å². The lowest BCUT2D eigenvalue weighted by molar-refractivity contribution is -0.156. The van der Waals surface area contributed by atoms with Crippen LogP contribution in [0.4, 0.5) is 16.2 Å². The Balaban J connectivity index is 1.56. The zero-order valence-electron chi connectivity index (χ0n) is 24.6. The molecule has 0 radical (unpaired) electrons. The quantitative estimate of drug-likeness (QED) is 0.326. The van der Waals surface area contributed by atoms with Crippen molar-refractivity contribution in [1.82, 2.24) is 0 Å². The third-order valence-corrected chi connectivity index (χ3v) is 9.06. The minimum Gasteiger partial charge on any atom is -0.466 e. The number of benzene rings is 3. The van der Waals surface area contributed by atoms with Crippen molar-refractivity contribution in [1.29, 1.82) is 0 Å². The average Bonchev–Trinajstić information content (AvgIpc) is 3.53. The largest absolute Gasteiger partial charge is 0.466 e. The van der Waals surface area contributed by atoms with Crippen LogP contribution in [-0.2, 0) is 41.2 Å². The number of esters is 1. The third kappa shape index (κ3) is 4.18. The SMILES string of the molecule is CCOC(=O)[C@@H]1[C@@]2(CC[C@]13C(=O)N(Cc1ccccc1)c1ccccc13)C(=O)N(C(=O)OC(C)(C)C)c1c(Cl)cccc12. The Bertz CT molecular complexity index is 1650. The molecule has 2 aliphatic heterocycles. The standard InChI is InChI=1S/C34H33ClN2O6/c1-5-42-28(38)27-33(22-14-9-10-17-25(22)36(29(33)39)20-21-12-7-6-8-13-21)18-19-34(27)23-15-11-16-24(35)26(23)37(30(34)40)31(41)43-32(2,3)4/h6-17,27H,5,18-20H2,1-4H3/t27-,33+,34-/m0/s1. The van der Waals surface area contributed by atoms with Gasteiger partial charge in [-0.1, -0.05) is 72.3 Å². The summed E-state index contributed by atoms with van der Waals surface area (Å²) in [5, 5.41) is 0.168. The Hall–Kier alpha value is -4.17. The maximum absolute atomic E-state index is 14.8. The Morgan fingerprint density at radius 2 is 1.51 bits per heavy atom. The van der Waals surface area contributed by atoms with E-state index in [0.29, 0.717) is 23.4 Å².